The molecule has 0 aromatic heterocycles. The summed E-state index contributed by atoms with van der Waals surface area (Å²) >= 11 is 0. The maximum atomic E-state index is 11.2. The number of Topliss-reactive ketones (excluding diaryl/α,β-unsaturated/α-hetero) is 1. The Balaban J connectivity index is 4.27. The lowest BCUT2D eigenvalue weighted by Crippen LogP contribution is -2.31. The highest BCUT2D eigenvalue weighted by molar-refractivity contribution is 5.78. The van der Waals surface area contributed by atoms with Gasteiger partial charge in [0, 0.05) is 5.92 Å². The van der Waals surface area contributed by atoms with Crippen LogP contribution in [-0.2, 0) is 4.79 Å². The van der Waals surface area contributed by atoms with Gasteiger partial charge in [-0.2, -0.15) is 0 Å². The molecule has 1 unspecified atom stereocenters. The Morgan fingerprint density at radius 2 is 1.77 bits per heavy atom. The van der Waals surface area contributed by atoms with Gasteiger partial charge in [0.2, 0.25) is 0 Å². The van der Waals surface area contributed by atoms with E-state index in [9.17, 15) is 9.90 Å². The summed E-state index contributed by atoms with van der Waals surface area (Å²) in [5.41, 5.74) is -0.633. The normalized spacial score (nSPS) is 14.2. The molecule has 0 aliphatic rings. The Morgan fingerprint density at radius 1 is 1.31 bits per heavy atom. The van der Waals surface area contributed by atoms with Gasteiger partial charge in [-0.25, -0.2) is 0 Å². The fourth-order valence-electron chi connectivity index (χ4n) is 1.57. The molecular formula is C11H22O2. The predicted octanol–water partition coefficient (Wildman–Crippen LogP) is 2.54. The summed E-state index contributed by atoms with van der Waals surface area (Å²) in [6, 6.07) is 0. The number of ketones is 1. The van der Waals surface area contributed by atoms with Crippen LogP contribution in [0.1, 0.15) is 53.4 Å². The van der Waals surface area contributed by atoms with Crippen molar-refractivity contribution in [1.29, 1.82) is 0 Å². The molecule has 0 heterocycles. The molecule has 0 aromatic carbocycles. The Kier molecular flexibility index (Phi) is 5.23. The molecule has 0 spiro atoms. The molecule has 0 saturated carbocycles. The molecular weight excluding hydrogens is 164 g/mol. The Bertz CT molecular complexity index is 159. The van der Waals surface area contributed by atoms with Crippen LogP contribution in [-0.4, -0.2) is 16.5 Å². The summed E-state index contributed by atoms with van der Waals surface area (Å²) in [5.74, 6) is 0.229. The summed E-state index contributed by atoms with van der Waals surface area (Å²) in [7, 11) is 0. The first-order chi connectivity index (χ1) is 5.99. The van der Waals surface area contributed by atoms with Gasteiger partial charge in [0.15, 0.2) is 0 Å². The van der Waals surface area contributed by atoms with E-state index in [1.807, 2.05) is 20.8 Å². The predicted molar refractivity (Wildman–Crippen MR) is 54.6 cm³/mol. The van der Waals surface area contributed by atoms with E-state index in [2.05, 4.69) is 0 Å². The molecule has 1 N–H and O–H groups in total. The molecule has 78 valence electrons. The minimum Gasteiger partial charge on any atom is -0.390 e. The van der Waals surface area contributed by atoms with Crippen molar-refractivity contribution in [2.24, 2.45) is 5.92 Å². The average Bonchev–Trinajstić information content (AvgIpc) is 2.13. The first-order valence-corrected chi connectivity index (χ1v) is 5.21. The van der Waals surface area contributed by atoms with E-state index in [0.717, 1.165) is 19.3 Å². The van der Waals surface area contributed by atoms with Crippen LogP contribution in [0, 0.1) is 5.92 Å². The van der Waals surface area contributed by atoms with E-state index in [-0.39, 0.29) is 11.7 Å². The zero-order valence-corrected chi connectivity index (χ0v) is 9.26. The van der Waals surface area contributed by atoms with Gasteiger partial charge in [0.25, 0.3) is 0 Å². The molecule has 0 bridgehead atoms. The molecule has 0 amide bonds. The number of hydrogen-bond donors (Lipinski definition) is 1. The fourth-order valence-corrected chi connectivity index (χ4v) is 1.57. The molecule has 0 aliphatic heterocycles. The lowest BCUT2D eigenvalue weighted by Gasteiger charge is -2.28. The van der Waals surface area contributed by atoms with Crippen molar-refractivity contribution in [2.75, 3.05) is 0 Å². The third-order valence-corrected chi connectivity index (χ3v) is 3.01. The van der Waals surface area contributed by atoms with Gasteiger partial charge in [0.1, 0.15) is 5.78 Å². The lowest BCUT2D eigenvalue weighted by molar-refractivity contribution is -0.123. The number of carbonyl (C=O) groups is 1. The van der Waals surface area contributed by atoms with Gasteiger partial charge in [-0.15, -0.1) is 0 Å². The van der Waals surface area contributed by atoms with Gasteiger partial charge >= 0.3 is 0 Å². The van der Waals surface area contributed by atoms with Crippen molar-refractivity contribution in [1.82, 2.24) is 0 Å². The first kappa shape index (κ1) is 12.6. The zero-order chi connectivity index (χ0) is 10.5. The number of hydrogen-bond acceptors (Lipinski definition) is 2. The standard InChI is InChI=1S/C11H22O2/c1-5-10(9(4)12)8-11(13,6-2)7-3/h10,13H,5-8H2,1-4H3. The van der Waals surface area contributed by atoms with Crippen LogP contribution in [0.15, 0.2) is 0 Å². The second-order valence-electron chi connectivity index (χ2n) is 3.85. The van der Waals surface area contributed by atoms with Gasteiger partial charge in [-0.1, -0.05) is 20.8 Å². The van der Waals surface area contributed by atoms with Crippen molar-refractivity contribution in [3.05, 3.63) is 0 Å². The van der Waals surface area contributed by atoms with Gasteiger partial charge < -0.3 is 5.11 Å². The average molecular weight is 186 g/mol. The number of carbonyl (C=O) groups excluding carboxylic acids is 1. The highest BCUT2D eigenvalue weighted by Crippen LogP contribution is 2.26. The molecule has 0 rings (SSSR count). The SMILES string of the molecule is CCC(CC(O)(CC)CC)C(C)=O. The van der Waals surface area contributed by atoms with Crippen LogP contribution in [0.25, 0.3) is 0 Å². The monoisotopic (exact) mass is 186 g/mol. The quantitative estimate of drug-likeness (QED) is 0.692. The Labute approximate surface area is 81.3 Å². The van der Waals surface area contributed by atoms with Crippen LogP contribution in [0.2, 0.25) is 0 Å². The first-order valence-electron chi connectivity index (χ1n) is 5.21. The third-order valence-electron chi connectivity index (χ3n) is 3.01. The zero-order valence-electron chi connectivity index (χ0n) is 9.26. The number of aliphatic hydroxyl groups is 1. The van der Waals surface area contributed by atoms with Gasteiger partial charge in [0.05, 0.1) is 5.60 Å². The van der Waals surface area contributed by atoms with Crippen LogP contribution in [0.3, 0.4) is 0 Å². The van der Waals surface area contributed by atoms with Crippen molar-refractivity contribution in [2.45, 2.75) is 59.0 Å². The summed E-state index contributed by atoms with van der Waals surface area (Å²) in [4.78, 5) is 11.2. The van der Waals surface area contributed by atoms with Crippen LogP contribution >= 0.6 is 0 Å². The van der Waals surface area contributed by atoms with Crippen molar-refractivity contribution in [3.8, 4) is 0 Å². The van der Waals surface area contributed by atoms with E-state index >= 15 is 0 Å². The highest BCUT2D eigenvalue weighted by atomic mass is 16.3. The van der Waals surface area contributed by atoms with Crippen LogP contribution in [0.5, 0.6) is 0 Å². The molecule has 0 aliphatic carbocycles. The lowest BCUT2D eigenvalue weighted by atomic mass is 9.83. The minimum absolute atomic E-state index is 0.0323. The number of rotatable bonds is 6. The Morgan fingerprint density at radius 3 is 2.00 bits per heavy atom. The highest BCUT2D eigenvalue weighted by Gasteiger charge is 2.27. The molecule has 2 nitrogen and oxygen atoms in total. The second kappa shape index (κ2) is 5.38. The smallest absolute Gasteiger partial charge is 0.133 e. The van der Waals surface area contributed by atoms with Crippen molar-refractivity contribution >= 4 is 5.78 Å². The van der Waals surface area contributed by atoms with Crippen LogP contribution < -0.4 is 0 Å². The molecule has 1 atom stereocenters. The second-order valence-corrected chi connectivity index (χ2v) is 3.85. The molecule has 0 saturated heterocycles. The maximum Gasteiger partial charge on any atom is 0.133 e. The summed E-state index contributed by atoms with van der Waals surface area (Å²) in [6.07, 6.45) is 2.91. The largest absolute Gasteiger partial charge is 0.390 e. The van der Waals surface area contributed by atoms with E-state index in [4.69, 9.17) is 0 Å². The molecule has 0 fully saturated rings. The Hall–Kier alpha value is -0.370. The van der Waals surface area contributed by atoms with Gasteiger partial charge in [-0.3, -0.25) is 4.79 Å². The van der Waals surface area contributed by atoms with Gasteiger partial charge in [-0.05, 0) is 32.6 Å². The van der Waals surface area contributed by atoms with E-state index in [0.29, 0.717) is 6.42 Å². The third kappa shape index (κ3) is 3.90. The molecule has 0 aromatic rings. The van der Waals surface area contributed by atoms with E-state index < -0.39 is 5.60 Å². The van der Waals surface area contributed by atoms with E-state index in [1.165, 1.54) is 0 Å². The fraction of sp³-hybridized carbons (Fsp3) is 0.909. The maximum absolute atomic E-state index is 11.2. The van der Waals surface area contributed by atoms with Crippen molar-refractivity contribution < 1.29 is 9.90 Å². The van der Waals surface area contributed by atoms with E-state index in [1.54, 1.807) is 6.92 Å². The summed E-state index contributed by atoms with van der Waals surface area (Å²) < 4.78 is 0. The summed E-state index contributed by atoms with van der Waals surface area (Å²) in [5, 5.41) is 10.0. The molecule has 13 heavy (non-hydrogen) atoms. The molecule has 0 radical (unpaired) electrons. The molecule has 2 heteroatoms. The minimum atomic E-state index is -0.633. The topological polar surface area (TPSA) is 37.3 Å². The van der Waals surface area contributed by atoms with Crippen molar-refractivity contribution in [3.63, 3.8) is 0 Å². The van der Waals surface area contributed by atoms with Crippen LogP contribution in [0.4, 0.5) is 0 Å². The summed E-state index contributed by atoms with van der Waals surface area (Å²) in [6.45, 7) is 7.55.